The van der Waals surface area contributed by atoms with Gasteiger partial charge in [0.15, 0.2) is 0 Å². The van der Waals surface area contributed by atoms with E-state index in [4.69, 9.17) is 0 Å². The summed E-state index contributed by atoms with van der Waals surface area (Å²) in [5, 5.41) is 8.34. The topological polar surface area (TPSA) is 61.4 Å². The molecule has 2 N–H and O–H groups in total. The summed E-state index contributed by atoms with van der Waals surface area (Å²) in [4.78, 5) is 28.3. The molecule has 2 unspecified atom stereocenters. The Morgan fingerprint density at radius 2 is 2.20 bits per heavy atom. The largest absolute Gasteiger partial charge is 0.354 e. The van der Waals surface area contributed by atoms with Crippen molar-refractivity contribution in [2.45, 2.75) is 51.0 Å². The first-order chi connectivity index (χ1) is 12.0. The number of nitrogens with zero attached hydrogens (tertiary/aromatic N) is 1. The molecule has 0 aliphatic carbocycles. The average molecular weight is 364 g/mol. The summed E-state index contributed by atoms with van der Waals surface area (Å²) in [6.07, 6.45) is 4.08. The molecule has 1 aromatic heterocycles. The standard InChI is InChI=1S/C19H29N3O2S/c1-19(2,16-8-5-11-25-16)18(24)22-10-4-6-14(13-22)12-21-17(23)15-7-3-9-20-15/h5,8,11,14-15,20H,3-4,6-7,9-10,12-13H2,1-2H3,(H,21,23). The van der Waals surface area contributed by atoms with E-state index >= 15 is 0 Å². The molecule has 1 aromatic rings. The number of hydrogen-bond donors (Lipinski definition) is 2. The van der Waals surface area contributed by atoms with E-state index in [1.165, 1.54) is 0 Å². The minimum Gasteiger partial charge on any atom is -0.354 e. The predicted molar refractivity (Wildman–Crippen MR) is 101 cm³/mol. The van der Waals surface area contributed by atoms with Crippen molar-refractivity contribution >= 4 is 23.2 Å². The van der Waals surface area contributed by atoms with Crippen LogP contribution in [0.1, 0.15) is 44.4 Å². The third-order valence-electron chi connectivity index (χ3n) is 5.42. The van der Waals surface area contributed by atoms with Gasteiger partial charge in [0.1, 0.15) is 0 Å². The smallest absolute Gasteiger partial charge is 0.237 e. The van der Waals surface area contributed by atoms with Gasteiger partial charge < -0.3 is 15.5 Å². The van der Waals surface area contributed by atoms with Crippen LogP contribution in [0.5, 0.6) is 0 Å². The Balaban J connectivity index is 1.53. The first-order valence-electron chi connectivity index (χ1n) is 9.33. The number of nitrogens with one attached hydrogen (secondary N) is 2. The van der Waals surface area contributed by atoms with Gasteiger partial charge in [-0.1, -0.05) is 6.07 Å². The van der Waals surface area contributed by atoms with Crippen molar-refractivity contribution in [2.75, 3.05) is 26.2 Å². The molecule has 5 nitrogen and oxygen atoms in total. The van der Waals surface area contributed by atoms with Crippen LogP contribution in [0, 0.1) is 5.92 Å². The highest BCUT2D eigenvalue weighted by atomic mass is 32.1. The van der Waals surface area contributed by atoms with Crippen LogP contribution in [0.3, 0.4) is 0 Å². The Morgan fingerprint density at radius 1 is 1.36 bits per heavy atom. The Labute approximate surface area is 154 Å². The lowest BCUT2D eigenvalue weighted by Gasteiger charge is -2.37. The molecule has 6 heteroatoms. The quantitative estimate of drug-likeness (QED) is 0.842. The summed E-state index contributed by atoms with van der Waals surface area (Å²) in [6.45, 7) is 7.19. The second kappa shape index (κ2) is 7.87. The van der Waals surface area contributed by atoms with E-state index in [9.17, 15) is 9.59 Å². The van der Waals surface area contributed by atoms with E-state index in [1.807, 2.05) is 36.3 Å². The zero-order valence-electron chi connectivity index (χ0n) is 15.2. The molecule has 2 saturated heterocycles. The third kappa shape index (κ3) is 4.23. The molecule has 3 rings (SSSR count). The Kier molecular flexibility index (Phi) is 5.79. The first kappa shape index (κ1) is 18.4. The van der Waals surface area contributed by atoms with Crippen molar-refractivity contribution in [3.63, 3.8) is 0 Å². The van der Waals surface area contributed by atoms with Crippen molar-refractivity contribution in [3.8, 4) is 0 Å². The fraction of sp³-hybridized carbons (Fsp3) is 0.684. The molecule has 2 fully saturated rings. The molecule has 138 valence electrons. The lowest BCUT2D eigenvalue weighted by Crippen LogP contribution is -2.50. The minimum atomic E-state index is -0.479. The lowest BCUT2D eigenvalue weighted by molar-refractivity contribution is -0.138. The van der Waals surface area contributed by atoms with Gasteiger partial charge in [0.25, 0.3) is 0 Å². The van der Waals surface area contributed by atoms with Gasteiger partial charge in [0.05, 0.1) is 11.5 Å². The fourth-order valence-electron chi connectivity index (χ4n) is 3.83. The Bertz CT molecular complexity index is 594. The van der Waals surface area contributed by atoms with Crippen LogP contribution in [-0.2, 0) is 15.0 Å². The first-order valence-corrected chi connectivity index (χ1v) is 10.2. The number of amides is 2. The van der Waals surface area contributed by atoms with E-state index in [1.54, 1.807) is 11.3 Å². The molecular formula is C19H29N3O2S. The predicted octanol–water partition coefficient (Wildman–Crippen LogP) is 2.13. The van der Waals surface area contributed by atoms with Gasteiger partial charge >= 0.3 is 0 Å². The summed E-state index contributed by atoms with van der Waals surface area (Å²) in [6, 6.07) is 4.01. The number of piperidine rings is 1. The van der Waals surface area contributed by atoms with E-state index in [2.05, 4.69) is 10.6 Å². The van der Waals surface area contributed by atoms with Crippen molar-refractivity contribution < 1.29 is 9.59 Å². The number of thiophene rings is 1. The van der Waals surface area contributed by atoms with Crippen molar-refractivity contribution in [3.05, 3.63) is 22.4 Å². The lowest BCUT2D eigenvalue weighted by atomic mass is 9.87. The average Bonchev–Trinajstić information content (AvgIpc) is 3.32. The molecule has 2 amide bonds. The summed E-state index contributed by atoms with van der Waals surface area (Å²) >= 11 is 1.64. The Hall–Kier alpha value is -1.40. The zero-order valence-corrected chi connectivity index (χ0v) is 16.0. The highest BCUT2D eigenvalue weighted by Gasteiger charge is 2.36. The van der Waals surface area contributed by atoms with E-state index in [0.717, 1.165) is 50.2 Å². The van der Waals surface area contributed by atoms with Crippen molar-refractivity contribution in [1.29, 1.82) is 0 Å². The van der Waals surface area contributed by atoms with Gasteiger partial charge in [-0.25, -0.2) is 0 Å². The Morgan fingerprint density at radius 3 is 2.88 bits per heavy atom. The molecule has 0 spiro atoms. The summed E-state index contributed by atoms with van der Waals surface area (Å²) in [5.41, 5.74) is -0.479. The van der Waals surface area contributed by atoms with Gasteiger partial charge in [-0.05, 0) is 63.4 Å². The van der Waals surface area contributed by atoms with Crippen LogP contribution in [0.15, 0.2) is 17.5 Å². The second-order valence-corrected chi connectivity index (χ2v) is 8.70. The highest BCUT2D eigenvalue weighted by molar-refractivity contribution is 7.10. The van der Waals surface area contributed by atoms with Crippen molar-refractivity contribution in [2.24, 2.45) is 5.92 Å². The number of rotatable bonds is 5. The van der Waals surface area contributed by atoms with Crippen LogP contribution < -0.4 is 10.6 Å². The summed E-state index contributed by atoms with van der Waals surface area (Å²) < 4.78 is 0. The molecule has 25 heavy (non-hydrogen) atoms. The maximum absolute atomic E-state index is 13.0. The molecule has 0 saturated carbocycles. The second-order valence-electron chi connectivity index (χ2n) is 7.76. The van der Waals surface area contributed by atoms with Gasteiger partial charge in [-0.15, -0.1) is 11.3 Å². The zero-order chi connectivity index (χ0) is 17.9. The number of likely N-dealkylation sites (tertiary alicyclic amines) is 1. The molecule has 3 heterocycles. The van der Waals surface area contributed by atoms with Gasteiger partial charge in [-0.2, -0.15) is 0 Å². The minimum absolute atomic E-state index is 0.0286. The molecule has 0 aromatic carbocycles. The molecular weight excluding hydrogens is 334 g/mol. The molecule has 2 atom stereocenters. The van der Waals surface area contributed by atoms with Crippen LogP contribution in [0.25, 0.3) is 0 Å². The van der Waals surface area contributed by atoms with E-state index in [0.29, 0.717) is 12.5 Å². The SMILES string of the molecule is CC(C)(C(=O)N1CCCC(CNC(=O)C2CCCN2)C1)c1cccs1. The summed E-state index contributed by atoms with van der Waals surface area (Å²) in [5.74, 6) is 0.658. The van der Waals surface area contributed by atoms with Crippen LogP contribution >= 0.6 is 11.3 Å². The molecule has 2 aliphatic rings. The van der Waals surface area contributed by atoms with Gasteiger partial charge in [-0.3, -0.25) is 9.59 Å². The maximum Gasteiger partial charge on any atom is 0.237 e. The number of carbonyl (C=O) groups is 2. The highest BCUT2D eigenvalue weighted by Crippen LogP contribution is 2.31. The monoisotopic (exact) mass is 363 g/mol. The van der Waals surface area contributed by atoms with E-state index < -0.39 is 5.41 Å². The van der Waals surface area contributed by atoms with Gasteiger partial charge in [0.2, 0.25) is 11.8 Å². The normalized spacial score (nSPS) is 24.3. The number of hydrogen-bond acceptors (Lipinski definition) is 4. The molecule has 0 radical (unpaired) electrons. The fourth-order valence-corrected chi connectivity index (χ4v) is 4.67. The van der Waals surface area contributed by atoms with Crippen LogP contribution in [0.2, 0.25) is 0 Å². The van der Waals surface area contributed by atoms with Crippen LogP contribution in [-0.4, -0.2) is 48.9 Å². The number of carbonyl (C=O) groups excluding carboxylic acids is 2. The maximum atomic E-state index is 13.0. The third-order valence-corrected chi connectivity index (χ3v) is 6.61. The summed E-state index contributed by atoms with van der Waals surface area (Å²) in [7, 11) is 0. The van der Waals surface area contributed by atoms with Gasteiger partial charge in [0, 0.05) is 24.5 Å². The van der Waals surface area contributed by atoms with Crippen LogP contribution in [0.4, 0.5) is 0 Å². The van der Waals surface area contributed by atoms with Crippen molar-refractivity contribution in [1.82, 2.24) is 15.5 Å². The molecule has 0 bridgehead atoms. The molecule has 2 aliphatic heterocycles. The van der Waals surface area contributed by atoms with E-state index in [-0.39, 0.29) is 17.9 Å².